The second kappa shape index (κ2) is 45.4. The van der Waals surface area contributed by atoms with E-state index in [2.05, 4.69) is 56.5 Å². The Morgan fingerprint density at radius 1 is 0.517 bits per heavy atom. The molecule has 3 N–H and O–H groups in total. The minimum atomic E-state index is -0.803. The lowest BCUT2D eigenvalue weighted by molar-refractivity contribution is -0.151. The monoisotopic (exact) mass is 810 g/mol. The molecule has 1 amide bonds. The molecule has 0 aromatic carbocycles. The number of aliphatic hydroxyl groups is 2. The molecule has 0 heterocycles. The number of hydrogen-bond donors (Lipinski definition) is 3. The smallest absolute Gasteiger partial charge is 0.306 e. The molecule has 6 nitrogen and oxygen atoms in total. The SMILES string of the molecule is CC/C=C/C=C/C=C\C=C/C=C/CCCCCC(=O)OC(CCC/C=C\CCCCCCCCC)CC(=O)NC(CO)C(O)CCCCCCCCCCCCCC. The Bertz CT molecular complexity index is 1090. The molecule has 0 rings (SSSR count). The molecule has 0 spiro atoms. The fourth-order valence-corrected chi connectivity index (χ4v) is 6.98. The number of rotatable bonds is 42. The molecule has 0 saturated carbocycles. The lowest BCUT2D eigenvalue weighted by atomic mass is 10.0. The number of allylic oxidation sites excluding steroid dienone is 12. The second-order valence-electron chi connectivity index (χ2n) is 16.2. The number of hydrogen-bond acceptors (Lipinski definition) is 5. The maximum absolute atomic E-state index is 13.2. The van der Waals surface area contributed by atoms with Gasteiger partial charge in [0.2, 0.25) is 5.91 Å². The number of esters is 1. The molecule has 58 heavy (non-hydrogen) atoms. The van der Waals surface area contributed by atoms with Crippen LogP contribution in [0, 0.1) is 0 Å². The Balaban J connectivity index is 4.70. The Morgan fingerprint density at radius 3 is 1.50 bits per heavy atom. The van der Waals surface area contributed by atoms with Gasteiger partial charge in [0.1, 0.15) is 6.10 Å². The van der Waals surface area contributed by atoms with Gasteiger partial charge in [-0.2, -0.15) is 0 Å². The molecule has 0 bridgehead atoms. The third-order valence-corrected chi connectivity index (χ3v) is 10.6. The molecule has 3 atom stereocenters. The van der Waals surface area contributed by atoms with Crippen LogP contribution in [-0.2, 0) is 14.3 Å². The van der Waals surface area contributed by atoms with Crippen molar-refractivity contribution in [2.45, 2.75) is 238 Å². The summed E-state index contributed by atoms with van der Waals surface area (Å²) in [5, 5.41) is 23.7. The van der Waals surface area contributed by atoms with Gasteiger partial charge in [0.05, 0.1) is 25.2 Å². The van der Waals surface area contributed by atoms with Gasteiger partial charge in [-0.25, -0.2) is 0 Å². The highest BCUT2D eigenvalue weighted by Crippen LogP contribution is 2.16. The zero-order valence-electron chi connectivity index (χ0n) is 37.9. The normalized spacial score (nSPS) is 13.9. The predicted molar refractivity (Wildman–Crippen MR) is 250 cm³/mol. The first-order valence-electron chi connectivity index (χ1n) is 24.2. The van der Waals surface area contributed by atoms with Gasteiger partial charge in [-0.1, -0.05) is 216 Å². The Kier molecular flexibility index (Phi) is 43.3. The van der Waals surface area contributed by atoms with Crippen molar-refractivity contribution in [1.82, 2.24) is 5.32 Å². The average Bonchev–Trinajstić information content (AvgIpc) is 3.22. The van der Waals surface area contributed by atoms with Crippen molar-refractivity contribution in [3.05, 3.63) is 72.9 Å². The van der Waals surface area contributed by atoms with Crippen LogP contribution in [0.25, 0.3) is 0 Å². The Hall–Kier alpha value is -2.70. The standard InChI is InChI=1S/C52H91NO5/c1-4-7-10-13-16-19-22-25-26-27-30-33-36-39-42-45-52(57)58-48(43-40-37-34-31-28-23-20-17-14-11-8-5-2)46-51(56)53-49(47-54)50(55)44-41-38-35-32-29-24-21-18-15-12-9-6-3/h7,10,13,16,19,22,25-27,30-31,34,48-50,54-55H,4-6,8-9,11-12,14-15,17-18,20-21,23-24,28-29,32-33,35-47H2,1-3H3,(H,53,56)/b10-7+,16-13+,22-19-,26-25-,30-27+,34-31-. The number of carbonyl (C=O) groups is 2. The zero-order chi connectivity index (χ0) is 42.4. The number of ether oxygens (including phenoxy) is 1. The summed E-state index contributed by atoms with van der Waals surface area (Å²) in [6, 6.07) is -0.720. The fourth-order valence-electron chi connectivity index (χ4n) is 6.98. The molecule has 0 radical (unpaired) electrons. The van der Waals surface area contributed by atoms with E-state index < -0.39 is 18.2 Å². The summed E-state index contributed by atoms with van der Waals surface area (Å²) in [6.45, 7) is 6.30. The lowest BCUT2D eigenvalue weighted by Gasteiger charge is -2.24. The van der Waals surface area contributed by atoms with E-state index in [1.165, 1.54) is 103 Å². The molecular formula is C52H91NO5. The van der Waals surface area contributed by atoms with Crippen LogP contribution in [0.1, 0.15) is 220 Å². The minimum absolute atomic E-state index is 0.0367. The van der Waals surface area contributed by atoms with Crippen molar-refractivity contribution in [2.24, 2.45) is 0 Å². The summed E-state index contributed by atoms with van der Waals surface area (Å²) in [7, 11) is 0. The van der Waals surface area contributed by atoms with E-state index >= 15 is 0 Å². The molecule has 0 aliphatic rings. The van der Waals surface area contributed by atoms with E-state index in [4.69, 9.17) is 4.74 Å². The maximum atomic E-state index is 13.2. The molecule has 0 saturated heterocycles. The fraction of sp³-hybridized carbons (Fsp3) is 0.731. The highest BCUT2D eigenvalue weighted by Gasteiger charge is 2.24. The molecule has 6 heteroatoms. The molecule has 0 aromatic rings. The first-order chi connectivity index (χ1) is 28.5. The van der Waals surface area contributed by atoms with Crippen LogP contribution in [0.5, 0.6) is 0 Å². The van der Waals surface area contributed by atoms with Gasteiger partial charge in [-0.05, 0) is 64.2 Å². The van der Waals surface area contributed by atoms with E-state index in [9.17, 15) is 19.8 Å². The van der Waals surface area contributed by atoms with Crippen LogP contribution in [-0.4, -0.2) is 46.9 Å². The van der Waals surface area contributed by atoms with Gasteiger partial charge in [0, 0.05) is 6.42 Å². The molecule has 334 valence electrons. The first kappa shape index (κ1) is 55.3. The largest absolute Gasteiger partial charge is 0.462 e. The van der Waals surface area contributed by atoms with E-state index in [1.807, 2.05) is 42.5 Å². The van der Waals surface area contributed by atoms with Crippen molar-refractivity contribution in [2.75, 3.05) is 6.61 Å². The van der Waals surface area contributed by atoms with E-state index in [0.717, 1.165) is 70.6 Å². The van der Waals surface area contributed by atoms with E-state index in [1.54, 1.807) is 0 Å². The lowest BCUT2D eigenvalue weighted by Crippen LogP contribution is -2.46. The van der Waals surface area contributed by atoms with Crippen molar-refractivity contribution < 1.29 is 24.5 Å². The molecule has 0 fully saturated rings. The van der Waals surface area contributed by atoms with E-state index in [-0.39, 0.29) is 24.9 Å². The van der Waals surface area contributed by atoms with Gasteiger partial charge in [0.15, 0.2) is 0 Å². The number of unbranched alkanes of at least 4 members (excludes halogenated alkanes) is 22. The summed E-state index contributed by atoms with van der Waals surface area (Å²) in [5.41, 5.74) is 0. The van der Waals surface area contributed by atoms with Crippen molar-refractivity contribution in [3.8, 4) is 0 Å². The number of aliphatic hydroxyl groups excluding tert-OH is 2. The van der Waals surface area contributed by atoms with Crippen LogP contribution in [0.3, 0.4) is 0 Å². The van der Waals surface area contributed by atoms with Crippen LogP contribution in [0.2, 0.25) is 0 Å². The molecule has 0 aliphatic carbocycles. The average molecular weight is 810 g/mol. The Labute approximate surface area is 358 Å². The number of nitrogens with one attached hydrogen (secondary N) is 1. The van der Waals surface area contributed by atoms with Crippen LogP contribution in [0.4, 0.5) is 0 Å². The van der Waals surface area contributed by atoms with Crippen molar-refractivity contribution >= 4 is 11.9 Å². The highest BCUT2D eigenvalue weighted by atomic mass is 16.5. The minimum Gasteiger partial charge on any atom is -0.462 e. The highest BCUT2D eigenvalue weighted by molar-refractivity contribution is 5.77. The predicted octanol–water partition coefficient (Wildman–Crippen LogP) is 14.2. The first-order valence-corrected chi connectivity index (χ1v) is 24.2. The van der Waals surface area contributed by atoms with Gasteiger partial charge in [-0.15, -0.1) is 0 Å². The van der Waals surface area contributed by atoms with Gasteiger partial charge >= 0.3 is 5.97 Å². The summed E-state index contributed by atoms with van der Waals surface area (Å²) in [4.78, 5) is 26.0. The Morgan fingerprint density at radius 2 is 0.966 bits per heavy atom. The topological polar surface area (TPSA) is 95.9 Å². The second-order valence-corrected chi connectivity index (χ2v) is 16.2. The van der Waals surface area contributed by atoms with Gasteiger partial charge in [-0.3, -0.25) is 9.59 Å². The third kappa shape index (κ3) is 40.1. The number of carbonyl (C=O) groups excluding carboxylic acids is 2. The maximum Gasteiger partial charge on any atom is 0.306 e. The zero-order valence-corrected chi connectivity index (χ0v) is 37.9. The summed E-state index contributed by atoms with van der Waals surface area (Å²) in [5.74, 6) is -0.556. The quantitative estimate of drug-likeness (QED) is 0.0247. The van der Waals surface area contributed by atoms with Crippen LogP contribution >= 0.6 is 0 Å². The summed E-state index contributed by atoms with van der Waals surface area (Å²) < 4.78 is 5.88. The third-order valence-electron chi connectivity index (χ3n) is 10.6. The van der Waals surface area contributed by atoms with E-state index in [0.29, 0.717) is 19.3 Å². The molecule has 3 unspecified atom stereocenters. The molecular weight excluding hydrogens is 719 g/mol. The van der Waals surface area contributed by atoms with Crippen molar-refractivity contribution in [3.63, 3.8) is 0 Å². The molecule has 0 aliphatic heterocycles. The van der Waals surface area contributed by atoms with Crippen LogP contribution in [0.15, 0.2) is 72.9 Å². The summed E-state index contributed by atoms with van der Waals surface area (Å²) >= 11 is 0. The number of amides is 1. The van der Waals surface area contributed by atoms with Crippen LogP contribution < -0.4 is 5.32 Å². The van der Waals surface area contributed by atoms with Gasteiger partial charge < -0.3 is 20.3 Å². The summed E-state index contributed by atoms with van der Waals surface area (Å²) in [6.07, 6.45) is 56.7. The molecule has 0 aromatic heterocycles. The van der Waals surface area contributed by atoms with Crippen molar-refractivity contribution in [1.29, 1.82) is 0 Å². The van der Waals surface area contributed by atoms with Gasteiger partial charge in [0.25, 0.3) is 0 Å².